The highest BCUT2D eigenvalue weighted by molar-refractivity contribution is 5.23. The standard InChI is InChI=1S/C21H30O/c1-4-21(22)14-11-18-16-9-8-15-7-5-6-12-19(15,2)17(16)10-13-20(18,21)3/h1,5-6,15-18,22H,7-14H2,2-3H3. The van der Waals surface area contributed by atoms with Gasteiger partial charge in [0.25, 0.3) is 0 Å². The zero-order valence-electron chi connectivity index (χ0n) is 14.1. The van der Waals surface area contributed by atoms with E-state index in [1.807, 2.05) is 0 Å². The van der Waals surface area contributed by atoms with Gasteiger partial charge in [0.2, 0.25) is 0 Å². The molecule has 0 aromatic rings. The molecule has 1 nitrogen and oxygen atoms in total. The van der Waals surface area contributed by atoms with E-state index in [-0.39, 0.29) is 5.41 Å². The summed E-state index contributed by atoms with van der Waals surface area (Å²) in [6.07, 6.45) is 20.2. The van der Waals surface area contributed by atoms with Crippen LogP contribution in [-0.4, -0.2) is 10.7 Å². The van der Waals surface area contributed by atoms with E-state index in [9.17, 15) is 5.11 Å². The Morgan fingerprint density at radius 1 is 1.05 bits per heavy atom. The smallest absolute Gasteiger partial charge is 0.130 e. The molecule has 22 heavy (non-hydrogen) atoms. The highest BCUT2D eigenvalue weighted by Gasteiger charge is 2.63. The lowest BCUT2D eigenvalue weighted by molar-refractivity contribution is -0.125. The van der Waals surface area contributed by atoms with Crippen LogP contribution in [0.15, 0.2) is 12.2 Å². The quantitative estimate of drug-likeness (QED) is 0.513. The van der Waals surface area contributed by atoms with E-state index in [2.05, 4.69) is 31.9 Å². The third-order valence-corrected chi connectivity index (χ3v) is 8.60. The molecule has 7 atom stereocenters. The second-order valence-electron chi connectivity index (χ2n) is 9.07. The fraction of sp³-hybridized carbons (Fsp3) is 0.810. The van der Waals surface area contributed by atoms with Gasteiger partial charge in [-0.15, -0.1) is 6.42 Å². The van der Waals surface area contributed by atoms with Crippen LogP contribution in [0.25, 0.3) is 0 Å². The number of aliphatic hydroxyl groups is 1. The Morgan fingerprint density at radius 2 is 1.82 bits per heavy atom. The largest absolute Gasteiger partial charge is 0.377 e. The molecule has 0 spiro atoms. The third-order valence-electron chi connectivity index (χ3n) is 8.60. The number of hydrogen-bond acceptors (Lipinski definition) is 1. The van der Waals surface area contributed by atoms with Gasteiger partial charge in [-0.25, -0.2) is 0 Å². The van der Waals surface area contributed by atoms with Crippen LogP contribution in [0.5, 0.6) is 0 Å². The SMILES string of the molecule is C#CC1(O)CCC2C3CCC4CC=CCC4(C)C3CCC21C. The van der Waals surface area contributed by atoms with Crippen molar-refractivity contribution in [3.63, 3.8) is 0 Å². The van der Waals surface area contributed by atoms with Gasteiger partial charge >= 0.3 is 0 Å². The zero-order chi connectivity index (χ0) is 15.6. The van der Waals surface area contributed by atoms with Crippen molar-refractivity contribution < 1.29 is 5.11 Å². The number of allylic oxidation sites excluding steroid dienone is 2. The van der Waals surface area contributed by atoms with Gasteiger partial charge in [-0.2, -0.15) is 0 Å². The van der Waals surface area contributed by atoms with E-state index in [4.69, 9.17) is 6.42 Å². The molecule has 4 aliphatic carbocycles. The van der Waals surface area contributed by atoms with E-state index >= 15 is 0 Å². The zero-order valence-corrected chi connectivity index (χ0v) is 14.1. The van der Waals surface area contributed by atoms with Gasteiger partial charge in [0.15, 0.2) is 0 Å². The van der Waals surface area contributed by atoms with Crippen LogP contribution >= 0.6 is 0 Å². The lowest BCUT2D eigenvalue weighted by atomic mass is 9.45. The minimum Gasteiger partial charge on any atom is -0.377 e. The average Bonchev–Trinajstić information content (AvgIpc) is 2.79. The Morgan fingerprint density at radius 3 is 2.59 bits per heavy atom. The number of terminal acetylenes is 1. The van der Waals surface area contributed by atoms with Gasteiger partial charge in [-0.3, -0.25) is 0 Å². The predicted octanol–water partition coefficient (Wildman–Crippen LogP) is 4.56. The van der Waals surface area contributed by atoms with Gasteiger partial charge < -0.3 is 5.11 Å². The van der Waals surface area contributed by atoms with Crippen molar-refractivity contribution in [1.29, 1.82) is 0 Å². The van der Waals surface area contributed by atoms with Crippen molar-refractivity contribution in [2.75, 3.05) is 0 Å². The summed E-state index contributed by atoms with van der Waals surface area (Å²) >= 11 is 0. The number of fused-ring (bicyclic) bond motifs is 5. The normalized spacial score (nSPS) is 56.6. The van der Waals surface area contributed by atoms with Gasteiger partial charge in [0.05, 0.1) is 0 Å². The van der Waals surface area contributed by atoms with E-state index in [0.717, 1.165) is 37.0 Å². The molecule has 0 saturated heterocycles. The average molecular weight is 298 g/mol. The molecule has 0 aromatic carbocycles. The van der Waals surface area contributed by atoms with Crippen LogP contribution in [0.2, 0.25) is 0 Å². The summed E-state index contributed by atoms with van der Waals surface area (Å²) in [4.78, 5) is 0. The third kappa shape index (κ3) is 1.66. The first-order chi connectivity index (χ1) is 10.4. The molecular formula is C21H30O. The van der Waals surface area contributed by atoms with Gasteiger partial charge in [-0.05, 0) is 80.5 Å². The first-order valence-corrected chi connectivity index (χ1v) is 9.30. The van der Waals surface area contributed by atoms with Crippen molar-refractivity contribution in [2.45, 2.75) is 70.8 Å². The molecule has 1 heteroatoms. The van der Waals surface area contributed by atoms with Crippen LogP contribution in [0.1, 0.15) is 65.2 Å². The second kappa shape index (κ2) is 4.64. The van der Waals surface area contributed by atoms with Gasteiger partial charge in [-0.1, -0.05) is 31.9 Å². The second-order valence-corrected chi connectivity index (χ2v) is 9.07. The molecule has 3 saturated carbocycles. The Balaban J connectivity index is 1.68. The van der Waals surface area contributed by atoms with Crippen molar-refractivity contribution in [2.24, 2.45) is 34.5 Å². The summed E-state index contributed by atoms with van der Waals surface area (Å²) < 4.78 is 0. The lowest BCUT2D eigenvalue weighted by Gasteiger charge is -2.60. The molecule has 0 radical (unpaired) electrons. The lowest BCUT2D eigenvalue weighted by Crippen LogP contribution is -2.55. The first kappa shape index (κ1) is 14.8. The molecule has 0 amide bonds. The van der Waals surface area contributed by atoms with Gasteiger partial charge in [0.1, 0.15) is 5.60 Å². The summed E-state index contributed by atoms with van der Waals surface area (Å²) in [5.41, 5.74) is -0.403. The van der Waals surface area contributed by atoms with E-state index < -0.39 is 5.60 Å². The van der Waals surface area contributed by atoms with Crippen LogP contribution < -0.4 is 0 Å². The van der Waals surface area contributed by atoms with Crippen LogP contribution in [0.3, 0.4) is 0 Å². The molecular weight excluding hydrogens is 268 g/mol. The fourth-order valence-electron chi connectivity index (χ4n) is 7.09. The molecule has 0 heterocycles. The summed E-state index contributed by atoms with van der Waals surface area (Å²) in [5, 5.41) is 11.0. The first-order valence-electron chi connectivity index (χ1n) is 9.30. The Kier molecular flexibility index (Phi) is 3.12. The molecule has 0 bridgehead atoms. The van der Waals surface area contributed by atoms with Crippen molar-refractivity contribution >= 4 is 0 Å². The maximum absolute atomic E-state index is 11.0. The minimum absolute atomic E-state index is 0.0450. The van der Waals surface area contributed by atoms with Crippen molar-refractivity contribution in [3.8, 4) is 12.3 Å². The summed E-state index contributed by atoms with van der Waals surface area (Å²) in [7, 11) is 0. The van der Waals surface area contributed by atoms with Crippen LogP contribution in [0, 0.1) is 46.8 Å². The minimum atomic E-state index is -0.854. The summed E-state index contributed by atoms with van der Waals surface area (Å²) in [6, 6.07) is 0. The molecule has 0 aromatic heterocycles. The molecule has 120 valence electrons. The monoisotopic (exact) mass is 298 g/mol. The van der Waals surface area contributed by atoms with Crippen LogP contribution in [-0.2, 0) is 0 Å². The van der Waals surface area contributed by atoms with E-state index in [0.29, 0.717) is 11.3 Å². The topological polar surface area (TPSA) is 20.2 Å². The number of rotatable bonds is 0. The Hall–Kier alpha value is -0.740. The van der Waals surface area contributed by atoms with E-state index in [1.54, 1.807) is 0 Å². The van der Waals surface area contributed by atoms with Gasteiger partial charge in [0, 0.05) is 5.41 Å². The molecule has 0 aliphatic heterocycles. The molecule has 7 unspecified atom stereocenters. The predicted molar refractivity (Wildman–Crippen MR) is 90.0 cm³/mol. The van der Waals surface area contributed by atoms with E-state index in [1.165, 1.54) is 32.1 Å². The highest BCUT2D eigenvalue weighted by Crippen LogP contribution is 2.67. The Labute approximate surface area is 135 Å². The molecule has 1 N–H and O–H groups in total. The van der Waals surface area contributed by atoms with Crippen molar-refractivity contribution in [3.05, 3.63) is 12.2 Å². The number of hydrogen-bond donors (Lipinski definition) is 1. The maximum atomic E-state index is 11.0. The fourth-order valence-corrected chi connectivity index (χ4v) is 7.09. The van der Waals surface area contributed by atoms with Crippen LogP contribution in [0.4, 0.5) is 0 Å². The molecule has 4 aliphatic rings. The summed E-state index contributed by atoms with van der Waals surface area (Å²) in [6.45, 7) is 4.85. The highest BCUT2D eigenvalue weighted by atomic mass is 16.3. The Bertz CT molecular complexity index is 543. The molecule has 4 rings (SSSR count). The maximum Gasteiger partial charge on any atom is 0.130 e. The van der Waals surface area contributed by atoms with Crippen molar-refractivity contribution in [1.82, 2.24) is 0 Å². The molecule has 3 fully saturated rings. The summed E-state index contributed by atoms with van der Waals surface area (Å²) in [5.74, 6) is 5.93.